The minimum Gasteiger partial charge on any atom is -0.496 e. The van der Waals surface area contributed by atoms with E-state index in [-0.39, 0.29) is 11.6 Å². The highest BCUT2D eigenvalue weighted by molar-refractivity contribution is 6.23. The number of hydrogen-bond donors (Lipinski definition) is 0. The highest BCUT2D eigenvalue weighted by Gasteiger charge is 2.57. The molecular formula is C24H32F3N3O4. The lowest BCUT2D eigenvalue weighted by Gasteiger charge is -2.34. The van der Waals surface area contributed by atoms with Crippen molar-refractivity contribution in [3.63, 3.8) is 0 Å². The van der Waals surface area contributed by atoms with E-state index in [2.05, 4.69) is 4.90 Å². The number of likely N-dealkylation sites (tertiary alicyclic amines) is 1. The van der Waals surface area contributed by atoms with E-state index in [0.717, 1.165) is 69.7 Å². The van der Waals surface area contributed by atoms with Gasteiger partial charge in [-0.05, 0) is 63.6 Å². The van der Waals surface area contributed by atoms with E-state index < -0.39 is 29.1 Å². The van der Waals surface area contributed by atoms with Crippen molar-refractivity contribution in [3.8, 4) is 5.75 Å². The second-order valence-corrected chi connectivity index (χ2v) is 9.29. The SMILES string of the molecule is CCN1C(=O)N(c2ccc(C(F)(F)F)c(OC)c2)C(=O)[C@]12CCCN(CC1CCOCC1)CC2. The minimum atomic E-state index is -4.60. The van der Waals surface area contributed by atoms with Crippen molar-refractivity contribution >= 4 is 17.6 Å². The average molecular weight is 484 g/mol. The van der Waals surface area contributed by atoms with Gasteiger partial charge in [-0.1, -0.05) is 0 Å². The molecular weight excluding hydrogens is 451 g/mol. The fraction of sp³-hybridized carbons (Fsp3) is 0.667. The van der Waals surface area contributed by atoms with Gasteiger partial charge in [0, 0.05) is 38.9 Å². The van der Waals surface area contributed by atoms with Gasteiger partial charge < -0.3 is 19.3 Å². The van der Waals surface area contributed by atoms with Gasteiger partial charge in [0.2, 0.25) is 0 Å². The standard InChI is InChI=1S/C24H32F3N3O4/c1-3-29-22(32)30(18-5-6-19(24(25,26)27)20(15-18)33-2)21(31)23(29)9-4-11-28(12-10-23)16-17-7-13-34-14-8-17/h5-6,15,17H,3-4,7-14,16H2,1-2H3/t23-/m1/s1. The first-order valence-corrected chi connectivity index (χ1v) is 11.9. The van der Waals surface area contributed by atoms with Crippen LogP contribution in [0.5, 0.6) is 5.75 Å². The molecule has 0 aliphatic carbocycles. The van der Waals surface area contributed by atoms with Gasteiger partial charge in [0.1, 0.15) is 11.3 Å². The van der Waals surface area contributed by atoms with Crippen molar-refractivity contribution in [2.45, 2.75) is 50.7 Å². The number of benzene rings is 1. The Morgan fingerprint density at radius 1 is 1.15 bits per heavy atom. The summed E-state index contributed by atoms with van der Waals surface area (Å²) in [5.74, 6) is -0.214. The van der Waals surface area contributed by atoms with E-state index in [4.69, 9.17) is 9.47 Å². The highest BCUT2D eigenvalue weighted by atomic mass is 19.4. The van der Waals surface area contributed by atoms with Crippen molar-refractivity contribution < 1.29 is 32.2 Å². The number of carbonyl (C=O) groups excluding carboxylic acids is 2. The van der Waals surface area contributed by atoms with Crippen LogP contribution < -0.4 is 9.64 Å². The second-order valence-electron chi connectivity index (χ2n) is 9.29. The van der Waals surface area contributed by atoms with Crippen LogP contribution in [-0.2, 0) is 15.7 Å². The van der Waals surface area contributed by atoms with Crippen LogP contribution in [0.1, 0.15) is 44.6 Å². The molecule has 10 heteroatoms. The van der Waals surface area contributed by atoms with Gasteiger partial charge in [0.05, 0.1) is 18.4 Å². The van der Waals surface area contributed by atoms with E-state index in [0.29, 0.717) is 31.8 Å². The van der Waals surface area contributed by atoms with Crippen LogP contribution >= 0.6 is 0 Å². The normalized spacial score (nSPS) is 25.3. The lowest BCUT2D eigenvalue weighted by molar-refractivity contribution is -0.138. The Hall–Kier alpha value is -2.33. The molecule has 4 rings (SSSR count). The number of anilines is 1. The van der Waals surface area contributed by atoms with E-state index in [9.17, 15) is 22.8 Å². The van der Waals surface area contributed by atoms with Crippen molar-refractivity contribution in [1.82, 2.24) is 9.80 Å². The first-order chi connectivity index (χ1) is 16.2. The topological polar surface area (TPSA) is 62.3 Å². The third-order valence-corrected chi connectivity index (χ3v) is 7.37. The number of halogens is 3. The number of alkyl halides is 3. The number of ether oxygens (including phenoxy) is 2. The lowest BCUT2D eigenvalue weighted by atomic mass is 9.88. The fourth-order valence-electron chi connectivity index (χ4n) is 5.57. The number of likely N-dealkylation sites (N-methyl/N-ethyl adjacent to an activating group) is 1. The third kappa shape index (κ3) is 4.49. The first-order valence-electron chi connectivity index (χ1n) is 11.9. The number of urea groups is 1. The number of methoxy groups -OCH3 is 1. The average Bonchev–Trinajstić information content (AvgIpc) is 2.93. The van der Waals surface area contributed by atoms with Crippen LogP contribution in [0, 0.1) is 5.92 Å². The molecule has 0 N–H and O–H groups in total. The van der Waals surface area contributed by atoms with Gasteiger partial charge >= 0.3 is 12.2 Å². The smallest absolute Gasteiger partial charge is 0.419 e. The largest absolute Gasteiger partial charge is 0.496 e. The molecule has 3 aliphatic heterocycles. The number of nitrogens with zero attached hydrogens (tertiary/aromatic N) is 3. The van der Waals surface area contributed by atoms with E-state index in [1.807, 2.05) is 6.92 Å². The molecule has 0 saturated carbocycles. The maximum Gasteiger partial charge on any atom is 0.419 e. The molecule has 0 unspecified atom stereocenters. The monoisotopic (exact) mass is 483 g/mol. The van der Waals surface area contributed by atoms with Crippen molar-refractivity contribution in [2.24, 2.45) is 5.92 Å². The Morgan fingerprint density at radius 2 is 1.88 bits per heavy atom. The summed E-state index contributed by atoms with van der Waals surface area (Å²) in [6.07, 6.45) is -0.738. The molecule has 0 aromatic heterocycles. The molecule has 0 bridgehead atoms. The molecule has 34 heavy (non-hydrogen) atoms. The first kappa shape index (κ1) is 24.8. The molecule has 3 aliphatic rings. The van der Waals surface area contributed by atoms with E-state index in [1.165, 1.54) is 6.07 Å². The van der Waals surface area contributed by atoms with Crippen LogP contribution in [-0.4, -0.2) is 73.8 Å². The van der Waals surface area contributed by atoms with Gasteiger partial charge in [-0.25, -0.2) is 9.69 Å². The molecule has 1 aromatic rings. The molecule has 3 amide bonds. The highest BCUT2D eigenvalue weighted by Crippen LogP contribution is 2.43. The van der Waals surface area contributed by atoms with Gasteiger partial charge in [-0.15, -0.1) is 0 Å². The van der Waals surface area contributed by atoms with Crippen molar-refractivity contribution in [2.75, 3.05) is 51.4 Å². The quantitative estimate of drug-likeness (QED) is 0.589. The maximum absolute atomic E-state index is 13.8. The summed E-state index contributed by atoms with van der Waals surface area (Å²) in [5.41, 5.74) is -1.83. The summed E-state index contributed by atoms with van der Waals surface area (Å²) in [7, 11) is 1.14. The van der Waals surface area contributed by atoms with E-state index in [1.54, 1.807) is 4.90 Å². The van der Waals surface area contributed by atoms with Crippen molar-refractivity contribution in [3.05, 3.63) is 23.8 Å². The fourth-order valence-corrected chi connectivity index (χ4v) is 5.57. The zero-order chi connectivity index (χ0) is 24.5. The third-order valence-electron chi connectivity index (χ3n) is 7.37. The predicted octanol–water partition coefficient (Wildman–Crippen LogP) is 4.15. The molecule has 3 heterocycles. The van der Waals surface area contributed by atoms with Crippen LogP contribution in [0.25, 0.3) is 0 Å². The van der Waals surface area contributed by atoms with Gasteiger partial charge in [-0.2, -0.15) is 13.2 Å². The Balaban J connectivity index is 1.58. The molecule has 7 nitrogen and oxygen atoms in total. The molecule has 3 saturated heterocycles. The summed E-state index contributed by atoms with van der Waals surface area (Å²) >= 11 is 0. The Labute approximate surface area is 197 Å². The van der Waals surface area contributed by atoms with Gasteiger partial charge in [-0.3, -0.25) is 4.79 Å². The number of hydrogen-bond acceptors (Lipinski definition) is 5. The van der Waals surface area contributed by atoms with Crippen LogP contribution in [0.4, 0.5) is 23.7 Å². The Kier molecular flexibility index (Phi) is 7.09. The van der Waals surface area contributed by atoms with Gasteiger partial charge in [0.25, 0.3) is 5.91 Å². The summed E-state index contributed by atoms with van der Waals surface area (Å²) in [6.45, 7) is 6.24. The zero-order valence-corrected chi connectivity index (χ0v) is 19.7. The number of imide groups is 1. The second kappa shape index (κ2) is 9.73. The molecule has 3 fully saturated rings. The summed E-state index contributed by atoms with van der Waals surface area (Å²) in [6, 6.07) is 2.66. The summed E-state index contributed by atoms with van der Waals surface area (Å²) in [4.78, 5) is 32.1. The molecule has 188 valence electrons. The minimum absolute atomic E-state index is 0.0958. The predicted molar refractivity (Wildman–Crippen MR) is 120 cm³/mol. The van der Waals surface area contributed by atoms with Crippen molar-refractivity contribution in [1.29, 1.82) is 0 Å². The van der Waals surface area contributed by atoms with Crippen LogP contribution in [0.2, 0.25) is 0 Å². The summed E-state index contributed by atoms with van der Waals surface area (Å²) < 4.78 is 50.3. The summed E-state index contributed by atoms with van der Waals surface area (Å²) in [5, 5.41) is 0. The molecule has 1 spiro atoms. The van der Waals surface area contributed by atoms with E-state index >= 15 is 0 Å². The Morgan fingerprint density at radius 3 is 2.53 bits per heavy atom. The molecule has 1 aromatic carbocycles. The Bertz CT molecular complexity index is 919. The maximum atomic E-state index is 13.8. The number of rotatable bonds is 5. The lowest BCUT2D eigenvalue weighted by Crippen LogP contribution is -2.50. The van der Waals surface area contributed by atoms with Gasteiger partial charge in [0.15, 0.2) is 0 Å². The van der Waals surface area contributed by atoms with Crippen LogP contribution in [0.15, 0.2) is 18.2 Å². The molecule has 1 atom stereocenters. The van der Waals surface area contributed by atoms with Crippen LogP contribution in [0.3, 0.4) is 0 Å². The molecule has 0 radical (unpaired) electrons. The number of amides is 3. The number of carbonyl (C=O) groups is 2. The zero-order valence-electron chi connectivity index (χ0n) is 19.7.